The third kappa shape index (κ3) is 6.84. The average molecular weight is 802 g/mol. The van der Waals surface area contributed by atoms with Crippen molar-refractivity contribution in [2.45, 2.75) is 57.0 Å². The van der Waals surface area contributed by atoms with E-state index in [1.807, 2.05) is 44.2 Å². The van der Waals surface area contributed by atoms with Gasteiger partial charge in [0.25, 0.3) is 0 Å². The molecule has 0 saturated carbocycles. The molecule has 12 heteroatoms. The molecule has 54 heavy (non-hydrogen) atoms. The normalized spacial score (nSPS) is 17.1. The summed E-state index contributed by atoms with van der Waals surface area (Å²) in [6, 6.07) is 26.6. The number of carbonyl (C=O) groups excluding carboxylic acids is 2. The molecule has 0 radical (unpaired) electrons. The standard InChI is InChI=1S/C21H20ClNO3S.C21H18ClNO3S/c2*1-13-6-8-16(9-7-13)27(25,26)23-11-15-10-18-17(4-3-5-20(18)22)21(14(2)24)19(15)12-23/h3-9,15H,10-12H2,1-2H3;3-10H,11-12H2,1-2H3. The van der Waals surface area contributed by atoms with Crippen LogP contribution >= 0.6 is 23.2 Å². The van der Waals surface area contributed by atoms with Gasteiger partial charge in [0.2, 0.25) is 20.0 Å². The van der Waals surface area contributed by atoms with Crippen LogP contribution in [0.1, 0.15) is 57.6 Å². The van der Waals surface area contributed by atoms with Crippen LogP contribution in [0.25, 0.3) is 16.3 Å². The number of rotatable bonds is 6. The van der Waals surface area contributed by atoms with Crippen LogP contribution in [0.2, 0.25) is 10.0 Å². The molecule has 8 nitrogen and oxygen atoms in total. The fourth-order valence-corrected chi connectivity index (χ4v) is 11.1. The Kier molecular flexibility index (Phi) is 10.2. The first-order valence-corrected chi connectivity index (χ1v) is 21.1. The SMILES string of the molecule is CC(=O)C1=C2CN(S(=O)(=O)c3ccc(C)cc3)CC2Cc2c(Cl)cccc21.CC(=O)c1c2c(cc3c(Cl)cccc13)CN(S(=O)(=O)c1ccc(C)cc1)C2. The highest BCUT2D eigenvalue weighted by molar-refractivity contribution is 7.89. The Hall–Kier alpha value is -4.16. The van der Waals surface area contributed by atoms with Crippen LogP contribution in [0, 0.1) is 19.8 Å². The Balaban J connectivity index is 0.000000167. The molecule has 2 heterocycles. The van der Waals surface area contributed by atoms with E-state index in [1.54, 1.807) is 60.7 Å². The van der Waals surface area contributed by atoms with E-state index in [0.717, 1.165) is 49.7 Å². The zero-order valence-electron chi connectivity index (χ0n) is 30.2. The molecule has 0 aromatic heterocycles. The van der Waals surface area contributed by atoms with Gasteiger partial charge in [-0.3, -0.25) is 9.59 Å². The zero-order chi connectivity index (χ0) is 38.7. The summed E-state index contributed by atoms with van der Waals surface area (Å²) in [5.41, 5.74) is 7.49. The van der Waals surface area contributed by atoms with Crippen LogP contribution in [-0.4, -0.2) is 50.1 Å². The topological polar surface area (TPSA) is 109 Å². The maximum Gasteiger partial charge on any atom is 0.243 e. The molecule has 8 rings (SSSR count). The van der Waals surface area contributed by atoms with Crippen molar-refractivity contribution in [2.24, 2.45) is 5.92 Å². The lowest BCUT2D eigenvalue weighted by molar-refractivity contribution is -0.111. The molecule has 1 atom stereocenters. The number of allylic oxidation sites excluding steroid dienone is 1. The summed E-state index contributed by atoms with van der Waals surface area (Å²) in [5, 5.41) is 2.73. The Morgan fingerprint density at radius 1 is 0.648 bits per heavy atom. The second-order valence-electron chi connectivity index (χ2n) is 14.1. The second kappa shape index (κ2) is 14.5. The Morgan fingerprint density at radius 3 is 1.81 bits per heavy atom. The van der Waals surface area contributed by atoms with Gasteiger partial charge in [-0.2, -0.15) is 8.61 Å². The predicted octanol–water partition coefficient (Wildman–Crippen LogP) is 8.58. The van der Waals surface area contributed by atoms with Crippen molar-refractivity contribution in [1.82, 2.24) is 8.61 Å². The monoisotopic (exact) mass is 800 g/mol. The molecule has 1 fully saturated rings. The minimum absolute atomic E-state index is 0.0171. The molecule has 3 aliphatic rings. The van der Waals surface area contributed by atoms with Crippen molar-refractivity contribution in [1.29, 1.82) is 0 Å². The van der Waals surface area contributed by atoms with Crippen molar-refractivity contribution < 1.29 is 26.4 Å². The van der Waals surface area contributed by atoms with Crippen molar-refractivity contribution >= 4 is 71.2 Å². The van der Waals surface area contributed by atoms with Gasteiger partial charge in [-0.1, -0.05) is 82.9 Å². The summed E-state index contributed by atoms with van der Waals surface area (Å²) >= 11 is 12.7. The lowest BCUT2D eigenvalue weighted by Crippen LogP contribution is -2.29. The van der Waals surface area contributed by atoms with E-state index in [2.05, 4.69) is 0 Å². The maximum atomic E-state index is 13.1. The van der Waals surface area contributed by atoms with Crippen molar-refractivity contribution in [3.8, 4) is 0 Å². The van der Waals surface area contributed by atoms with Crippen molar-refractivity contribution in [2.75, 3.05) is 13.1 Å². The summed E-state index contributed by atoms with van der Waals surface area (Å²) in [5.74, 6) is -0.155. The number of fused-ring (bicyclic) bond motifs is 4. The largest absolute Gasteiger partial charge is 0.294 e. The van der Waals surface area contributed by atoms with Gasteiger partial charge in [-0.15, -0.1) is 0 Å². The van der Waals surface area contributed by atoms with Crippen LogP contribution in [-0.2, 0) is 44.4 Å². The molecule has 0 bridgehead atoms. The van der Waals surface area contributed by atoms with E-state index in [0.29, 0.717) is 34.1 Å². The van der Waals surface area contributed by atoms with Gasteiger partial charge in [0.1, 0.15) is 0 Å². The number of ketones is 2. The molecule has 5 aromatic carbocycles. The molecule has 0 spiro atoms. The molecule has 0 N–H and O–H groups in total. The fourth-order valence-electron chi connectivity index (χ4n) is 7.75. The van der Waals surface area contributed by atoms with Crippen LogP contribution in [0.4, 0.5) is 0 Å². The lowest BCUT2D eigenvalue weighted by Gasteiger charge is -2.25. The molecule has 1 aliphatic carbocycles. The summed E-state index contributed by atoms with van der Waals surface area (Å²) in [4.78, 5) is 25.3. The van der Waals surface area contributed by atoms with Gasteiger partial charge >= 0.3 is 0 Å². The van der Waals surface area contributed by atoms with Gasteiger partial charge in [0, 0.05) is 58.7 Å². The number of aryl methyl sites for hydroxylation is 2. The quantitative estimate of drug-likeness (QED) is 0.159. The van der Waals surface area contributed by atoms with Crippen LogP contribution in [0.15, 0.2) is 106 Å². The van der Waals surface area contributed by atoms with E-state index in [-0.39, 0.29) is 46.9 Å². The molecule has 5 aromatic rings. The third-order valence-electron chi connectivity index (χ3n) is 10.5. The predicted molar refractivity (Wildman–Crippen MR) is 213 cm³/mol. The van der Waals surface area contributed by atoms with Crippen molar-refractivity contribution in [3.05, 3.63) is 146 Å². The van der Waals surface area contributed by atoms with E-state index in [9.17, 15) is 26.4 Å². The number of sulfonamides is 2. The first-order valence-electron chi connectivity index (χ1n) is 17.5. The van der Waals surface area contributed by atoms with E-state index >= 15 is 0 Å². The van der Waals surface area contributed by atoms with E-state index in [4.69, 9.17) is 23.2 Å². The average Bonchev–Trinajstić information content (AvgIpc) is 3.76. The molecular formula is C42H38Cl2N2O6S2. The van der Waals surface area contributed by atoms with Crippen LogP contribution in [0.3, 0.4) is 0 Å². The number of hydrogen-bond acceptors (Lipinski definition) is 6. The molecule has 2 aliphatic heterocycles. The van der Waals surface area contributed by atoms with E-state index < -0.39 is 20.0 Å². The number of benzene rings is 5. The van der Waals surface area contributed by atoms with Gasteiger partial charge in [-0.05, 0) is 110 Å². The summed E-state index contributed by atoms with van der Waals surface area (Å²) in [6.45, 7) is 7.91. The number of nitrogens with zero attached hydrogens (tertiary/aromatic N) is 2. The van der Waals surface area contributed by atoms with Gasteiger partial charge in [-0.25, -0.2) is 16.8 Å². The molecular weight excluding hydrogens is 764 g/mol. The Bertz CT molecular complexity index is 2620. The summed E-state index contributed by atoms with van der Waals surface area (Å²) in [7, 11) is -7.25. The van der Waals surface area contributed by atoms with Gasteiger partial charge in [0.05, 0.1) is 9.79 Å². The number of hydrogen-bond donors (Lipinski definition) is 0. The molecule has 0 amide bonds. The Labute approximate surface area is 326 Å². The smallest absolute Gasteiger partial charge is 0.243 e. The second-order valence-corrected chi connectivity index (χ2v) is 18.8. The summed E-state index contributed by atoms with van der Waals surface area (Å²) in [6.07, 6.45) is 0.654. The van der Waals surface area contributed by atoms with Crippen molar-refractivity contribution in [3.63, 3.8) is 0 Å². The highest BCUT2D eigenvalue weighted by atomic mass is 35.5. The zero-order valence-corrected chi connectivity index (χ0v) is 33.3. The van der Waals surface area contributed by atoms with Crippen LogP contribution in [0.5, 0.6) is 0 Å². The fraction of sp³-hybridized carbons (Fsp3) is 0.238. The van der Waals surface area contributed by atoms with Gasteiger partial charge < -0.3 is 0 Å². The molecule has 1 saturated heterocycles. The first kappa shape index (κ1) is 38.1. The third-order valence-corrected chi connectivity index (χ3v) is 14.8. The van der Waals surface area contributed by atoms with Gasteiger partial charge in [0.15, 0.2) is 11.6 Å². The minimum atomic E-state index is -3.65. The van der Waals surface area contributed by atoms with E-state index in [1.165, 1.54) is 22.5 Å². The Morgan fingerprint density at radius 2 is 1.22 bits per heavy atom. The molecule has 1 unspecified atom stereocenters. The minimum Gasteiger partial charge on any atom is -0.294 e. The van der Waals surface area contributed by atoms with Crippen LogP contribution < -0.4 is 0 Å². The molecule has 278 valence electrons. The highest BCUT2D eigenvalue weighted by Gasteiger charge is 2.41. The number of Topliss-reactive ketones (excluding diaryl/α,β-unsaturated/α-hetero) is 2. The number of carbonyl (C=O) groups is 2. The lowest BCUT2D eigenvalue weighted by atomic mass is 9.79. The summed E-state index contributed by atoms with van der Waals surface area (Å²) < 4.78 is 55.2. The highest BCUT2D eigenvalue weighted by Crippen LogP contribution is 2.43. The maximum absolute atomic E-state index is 13.1. The first-order chi connectivity index (χ1) is 25.6. The number of halogens is 2.